The van der Waals surface area contributed by atoms with Crippen molar-refractivity contribution < 1.29 is 14.0 Å². The number of nitrogens with zero attached hydrogens (tertiary/aromatic N) is 4. The normalized spacial score (nSPS) is 14.4. The molecule has 2 aromatic heterocycles. The van der Waals surface area contributed by atoms with Gasteiger partial charge >= 0.3 is 5.69 Å². The minimum absolute atomic E-state index is 0.0188. The highest BCUT2D eigenvalue weighted by Gasteiger charge is 2.28. The predicted octanol–water partition coefficient (Wildman–Crippen LogP) is 0.752. The summed E-state index contributed by atoms with van der Waals surface area (Å²) < 4.78 is 6.28. The summed E-state index contributed by atoms with van der Waals surface area (Å²) in [5, 5.41) is 4.11. The number of amides is 2. The molecule has 0 atom stereocenters. The number of aromatic amines is 1. The quantitative estimate of drug-likeness (QED) is 0.736. The van der Waals surface area contributed by atoms with Crippen LogP contribution in [-0.4, -0.2) is 62.6 Å². The summed E-state index contributed by atoms with van der Waals surface area (Å²) in [7, 11) is 0. The van der Waals surface area contributed by atoms with Crippen LogP contribution in [0.2, 0.25) is 0 Å². The number of nitrogens with one attached hydrogen (secondary N) is 1. The third-order valence-corrected chi connectivity index (χ3v) is 4.41. The first-order valence-electron chi connectivity index (χ1n) is 8.50. The molecule has 0 aliphatic carbocycles. The van der Waals surface area contributed by atoms with E-state index >= 15 is 0 Å². The van der Waals surface area contributed by atoms with Gasteiger partial charge in [0.2, 0.25) is 5.82 Å². The Hall–Kier alpha value is -3.62. The Bertz CT molecular complexity index is 998. The van der Waals surface area contributed by atoms with E-state index in [1.165, 1.54) is 6.26 Å². The van der Waals surface area contributed by atoms with Gasteiger partial charge in [-0.1, -0.05) is 18.2 Å². The minimum atomic E-state index is -0.476. The van der Waals surface area contributed by atoms with Crippen molar-refractivity contribution in [2.24, 2.45) is 0 Å². The fraction of sp³-hybridized carbons (Fsp3) is 0.222. The molecule has 2 amide bonds. The second kappa shape index (κ2) is 6.94. The molecule has 0 bridgehead atoms. The molecule has 1 aliphatic heterocycles. The molecular weight excluding hydrogens is 350 g/mol. The van der Waals surface area contributed by atoms with Crippen LogP contribution in [0.1, 0.15) is 21.2 Å². The number of furan rings is 1. The lowest BCUT2D eigenvalue weighted by Gasteiger charge is -2.33. The molecule has 1 aliphatic rings. The molecule has 9 nitrogen and oxygen atoms in total. The Labute approximate surface area is 153 Å². The van der Waals surface area contributed by atoms with E-state index in [0.717, 1.165) is 4.68 Å². The summed E-state index contributed by atoms with van der Waals surface area (Å²) in [5.74, 6) is -0.309. The van der Waals surface area contributed by atoms with Crippen molar-refractivity contribution in [3.05, 3.63) is 70.8 Å². The maximum absolute atomic E-state index is 12.7. The Kier molecular flexibility index (Phi) is 4.33. The largest absolute Gasteiger partial charge is 0.459 e. The van der Waals surface area contributed by atoms with Crippen LogP contribution in [0.15, 0.2) is 57.9 Å². The maximum Gasteiger partial charge on any atom is 0.348 e. The first-order valence-corrected chi connectivity index (χ1v) is 8.50. The number of para-hydroxylation sites is 1. The van der Waals surface area contributed by atoms with E-state index in [2.05, 4.69) is 10.1 Å². The second-order valence-corrected chi connectivity index (χ2v) is 6.09. The summed E-state index contributed by atoms with van der Waals surface area (Å²) in [4.78, 5) is 42.8. The smallest absolute Gasteiger partial charge is 0.348 e. The molecule has 27 heavy (non-hydrogen) atoms. The van der Waals surface area contributed by atoms with Crippen molar-refractivity contribution in [1.29, 1.82) is 0 Å². The van der Waals surface area contributed by atoms with E-state index in [-0.39, 0.29) is 23.4 Å². The summed E-state index contributed by atoms with van der Waals surface area (Å²) in [6.45, 7) is 1.47. The van der Waals surface area contributed by atoms with Crippen LogP contribution in [0.5, 0.6) is 0 Å². The van der Waals surface area contributed by atoms with Gasteiger partial charge < -0.3 is 14.2 Å². The molecule has 1 aromatic carbocycles. The molecular formula is C18H17N5O4. The molecule has 0 saturated carbocycles. The zero-order valence-corrected chi connectivity index (χ0v) is 14.4. The van der Waals surface area contributed by atoms with Crippen molar-refractivity contribution in [2.45, 2.75) is 0 Å². The van der Waals surface area contributed by atoms with Crippen LogP contribution in [0.3, 0.4) is 0 Å². The molecule has 0 spiro atoms. The summed E-state index contributed by atoms with van der Waals surface area (Å²) in [6.07, 6.45) is 1.45. The third-order valence-electron chi connectivity index (χ3n) is 4.41. The highest BCUT2D eigenvalue weighted by molar-refractivity contribution is 5.92. The number of hydrogen-bond acceptors (Lipinski definition) is 5. The number of carbonyl (C=O) groups is 2. The second-order valence-electron chi connectivity index (χ2n) is 6.09. The molecule has 1 N–H and O–H groups in total. The van der Waals surface area contributed by atoms with Crippen molar-refractivity contribution >= 4 is 11.8 Å². The first kappa shape index (κ1) is 16.8. The third kappa shape index (κ3) is 3.26. The molecule has 4 rings (SSSR count). The Morgan fingerprint density at radius 2 is 1.59 bits per heavy atom. The van der Waals surface area contributed by atoms with Crippen LogP contribution in [0.4, 0.5) is 0 Å². The Morgan fingerprint density at radius 3 is 2.22 bits per heavy atom. The van der Waals surface area contributed by atoms with Crippen molar-refractivity contribution in [3.63, 3.8) is 0 Å². The number of benzene rings is 1. The lowest BCUT2D eigenvalue weighted by Crippen LogP contribution is -2.50. The average molecular weight is 367 g/mol. The van der Waals surface area contributed by atoms with Crippen molar-refractivity contribution in [1.82, 2.24) is 24.6 Å². The fourth-order valence-corrected chi connectivity index (χ4v) is 2.98. The number of rotatable bonds is 3. The van der Waals surface area contributed by atoms with Gasteiger partial charge in [-0.15, -0.1) is 5.10 Å². The van der Waals surface area contributed by atoms with Gasteiger partial charge in [-0.05, 0) is 24.3 Å². The van der Waals surface area contributed by atoms with E-state index in [1.807, 2.05) is 6.07 Å². The molecule has 1 fully saturated rings. The van der Waals surface area contributed by atoms with E-state index < -0.39 is 5.69 Å². The number of aromatic nitrogens is 3. The van der Waals surface area contributed by atoms with Crippen LogP contribution in [-0.2, 0) is 0 Å². The van der Waals surface area contributed by atoms with Gasteiger partial charge in [-0.2, -0.15) is 4.68 Å². The zero-order chi connectivity index (χ0) is 18.8. The summed E-state index contributed by atoms with van der Waals surface area (Å²) >= 11 is 0. The van der Waals surface area contributed by atoms with E-state index in [0.29, 0.717) is 31.9 Å². The van der Waals surface area contributed by atoms with Crippen LogP contribution < -0.4 is 5.69 Å². The molecule has 0 radical (unpaired) electrons. The molecule has 3 heterocycles. The Morgan fingerprint density at radius 1 is 0.926 bits per heavy atom. The standard InChI is InChI=1S/C18H17N5O4/c24-16(14-7-4-12-27-14)21-8-10-22(11-9-21)17(25)15-19-18(26)23(20-15)13-5-2-1-3-6-13/h1-7,12H,8-11H2,(H,19,20,26). The molecule has 138 valence electrons. The van der Waals surface area contributed by atoms with Gasteiger partial charge in [0.25, 0.3) is 11.8 Å². The lowest BCUT2D eigenvalue weighted by molar-refractivity contribution is 0.0512. The maximum atomic E-state index is 12.7. The number of hydrogen-bond donors (Lipinski definition) is 1. The molecule has 3 aromatic rings. The monoisotopic (exact) mass is 367 g/mol. The molecule has 0 unspecified atom stereocenters. The topological polar surface area (TPSA) is 104 Å². The highest BCUT2D eigenvalue weighted by atomic mass is 16.3. The highest BCUT2D eigenvalue weighted by Crippen LogP contribution is 2.11. The zero-order valence-electron chi connectivity index (χ0n) is 14.4. The summed E-state index contributed by atoms with van der Waals surface area (Å²) in [5.41, 5.74) is 0.0999. The van der Waals surface area contributed by atoms with Gasteiger partial charge in [-0.25, -0.2) is 4.79 Å². The van der Waals surface area contributed by atoms with Crippen LogP contribution >= 0.6 is 0 Å². The van der Waals surface area contributed by atoms with E-state index in [1.54, 1.807) is 46.2 Å². The van der Waals surface area contributed by atoms with Crippen molar-refractivity contribution in [3.8, 4) is 5.69 Å². The van der Waals surface area contributed by atoms with Crippen LogP contribution in [0.25, 0.3) is 5.69 Å². The molecule has 9 heteroatoms. The molecule has 1 saturated heterocycles. The summed E-state index contributed by atoms with van der Waals surface area (Å²) in [6, 6.07) is 12.1. The fourth-order valence-electron chi connectivity index (χ4n) is 2.98. The van der Waals surface area contributed by atoms with Crippen LogP contribution in [0, 0.1) is 0 Å². The number of H-pyrrole nitrogens is 1. The number of carbonyl (C=O) groups excluding carboxylic acids is 2. The average Bonchev–Trinajstić information content (AvgIpc) is 3.38. The predicted molar refractivity (Wildman–Crippen MR) is 94.7 cm³/mol. The first-order chi connectivity index (χ1) is 13.1. The van der Waals surface area contributed by atoms with Gasteiger partial charge in [0.1, 0.15) is 0 Å². The van der Waals surface area contributed by atoms with Gasteiger partial charge in [-0.3, -0.25) is 14.6 Å². The van der Waals surface area contributed by atoms with E-state index in [4.69, 9.17) is 4.42 Å². The van der Waals surface area contributed by atoms with Gasteiger partial charge in [0.05, 0.1) is 12.0 Å². The minimum Gasteiger partial charge on any atom is -0.459 e. The number of piperazine rings is 1. The van der Waals surface area contributed by atoms with Gasteiger partial charge in [0, 0.05) is 26.2 Å². The lowest BCUT2D eigenvalue weighted by atomic mass is 10.2. The van der Waals surface area contributed by atoms with Crippen molar-refractivity contribution in [2.75, 3.05) is 26.2 Å². The Balaban J connectivity index is 1.44. The van der Waals surface area contributed by atoms with E-state index in [9.17, 15) is 14.4 Å². The van der Waals surface area contributed by atoms with Gasteiger partial charge in [0.15, 0.2) is 5.76 Å². The SMILES string of the molecule is O=C(c1nn(-c2ccccc2)c(=O)[nH]1)N1CCN(C(=O)c2ccco2)CC1.